The number of nitrogens with one attached hydrogen (secondary N) is 1. The first kappa shape index (κ1) is 19.2. The molecule has 0 aliphatic rings. The van der Waals surface area contributed by atoms with Gasteiger partial charge in [0.05, 0.1) is 23.6 Å². The molecule has 142 valence electrons. The van der Waals surface area contributed by atoms with Crippen molar-refractivity contribution in [3.63, 3.8) is 0 Å². The second-order valence-electron chi connectivity index (χ2n) is 6.69. The molecule has 3 aromatic rings. The van der Waals surface area contributed by atoms with Gasteiger partial charge in [-0.2, -0.15) is 0 Å². The number of hydrogen-bond acceptors (Lipinski definition) is 5. The van der Waals surface area contributed by atoms with Gasteiger partial charge in [-0.1, -0.05) is 42.1 Å². The summed E-state index contributed by atoms with van der Waals surface area (Å²) < 4.78 is 7.48. The van der Waals surface area contributed by atoms with Gasteiger partial charge in [0.1, 0.15) is 5.76 Å². The molecule has 0 saturated carbocycles. The van der Waals surface area contributed by atoms with Crippen molar-refractivity contribution in [1.82, 2.24) is 20.1 Å². The van der Waals surface area contributed by atoms with Crippen molar-refractivity contribution in [3.8, 4) is 11.4 Å². The van der Waals surface area contributed by atoms with E-state index in [-0.39, 0.29) is 17.2 Å². The molecule has 0 spiro atoms. The van der Waals surface area contributed by atoms with E-state index in [1.54, 1.807) is 6.26 Å². The van der Waals surface area contributed by atoms with E-state index in [9.17, 15) is 4.79 Å². The summed E-state index contributed by atoms with van der Waals surface area (Å²) in [5.41, 5.74) is 2.05. The SMILES string of the molecule is Cc1occc1-c1nnc(SC(C)C(=O)NC(C)C)n1Cc1ccccc1. The Labute approximate surface area is 163 Å². The number of aromatic nitrogens is 3. The number of rotatable bonds is 7. The molecule has 1 amide bonds. The van der Waals surface area contributed by atoms with Crippen LogP contribution in [0.25, 0.3) is 11.4 Å². The summed E-state index contributed by atoms with van der Waals surface area (Å²) in [6.07, 6.45) is 1.65. The standard InChI is InChI=1S/C20H24N4O2S/c1-13(2)21-19(25)15(4)27-20-23-22-18(17-10-11-26-14(17)3)24(20)12-16-8-6-5-7-9-16/h5-11,13,15H,12H2,1-4H3,(H,21,25). The molecule has 0 aliphatic carbocycles. The molecule has 1 aromatic carbocycles. The highest BCUT2D eigenvalue weighted by Crippen LogP contribution is 2.29. The molecule has 0 bridgehead atoms. The van der Waals surface area contributed by atoms with Crippen LogP contribution in [0.3, 0.4) is 0 Å². The van der Waals surface area contributed by atoms with Gasteiger partial charge >= 0.3 is 0 Å². The van der Waals surface area contributed by atoms with E-state index in [0.717, 1.165) is 22.7 Å². The van der Waals surface area contributed by atoms with Crippen molar-refractivity contribution in [3.05, 3.63) is 54.0 Å². The molecule has 0 aliphatic heterocycles. The van der Waals surface area contributed by atoms with E-state index in [1.165, 1.54) is 11.8 Å². The van der Waals surface area contributed by atoms with E-state index in [4.69, 9.17) is 4.42 Å². The van der Waals surface area contributed by atoms with Gasteiger partial charge in [0.2, 0.25) is 5.91 Å². The third-order valence-corrected chi connectivity index (χ3v) is 5.16. The molecular formula is C20H24N4O2S. The Morgan fingerprint density at radius 2 is 1.93 bits per heavy atom. The Hall–Kier alpha value is -2.54. The van der Waals surface area contributed by atoms with Crippen molar-refractivity contribution in [2.45, 2.75) is 50.7 Å². The quantitative estimate of drug-likeness (QED) is 0.626. The molecule has 2 aromatic heterocycles. The van der Waals surface area contributed by atoms with E-state index in [0.29, 0.717) is 11.7 Å². The molecule has 1 atom stereocenters. The molecule has 7 heteroatoms. The van der Waals surface area contributed by atoms with Crippen LogP contribution in [-0.4, -0.2) is 32.0 Å². The fourth-order valence-electron chi connectivity index (χ4n) is 2.71. The fraction of sp³-hybridized carbons (Fsp3) is 0.350. The second kappa shape index (κ2) is 8.43. The summed E-state index contributed by atoms with van der Waals surface area (Å²) in [6.45, 7) is 8.31. The minimum absolute atomic E-state index is 0.00898. The van der Waals surface area contributed by atoms with Crippen LogP contribution in [0.1, 0.15) is 32.1 Å². The number of benzene rings is 1. The number of thioether (sulfide) groups is 1. The second-order valence-corrected chi connectivity index (χ2v) is 8.00. The maximum absolute atomic E-state index is 12.3. The van der Waals surface area contributed by atoms with Gasteiger partial charge in [0.15, 0.2) is 11.0 Å². The number of aryl methyl sites for hydroxylation is 1. The van der Waals surface area contributed by atoms with Gasteiger partial charge in [-0.25, -0.2) is 0 Å². The van der Waals surface area contributed by atoms with Crippen molar-refractivity contribution in [2.24, 2.45) is 0 Å². The Balaban J connectivity index is 1.93. The number of hydrogen-bond donors (Lipinski definition) is 1. The van der Waals surface area contributed by atoms with Crippen LogP contribution in [0.4, 0.5) is 0 Å². The van der Waals surface area contributed by atoms with Gasteiger partial charge in [0, 0.05) is 6.04 Å². The van der Waals surface area contributed by atoms with Crippen molar-refractivity contribution >= 4 is 17.7 Å². The number of furan rings is 1. The summed E-state index contributed by atoms with van der Waals surface area (Å²) in [6, 6.07) is 12.1. The predicted molar refractivity (Wildman–Crippen MR) is 107 cm³/mol. The summed E-state index contributed by atoms with van der Waals surface area (Å²) in [4.78, 5) is 12.3. The van der Waals surface area contributed by atoms with E-state index >= 15 is 0 Å². The highest BCUT2D eigenvalue weighted by molar-refractivity contribution is 8.00. The number of carbonyl (C=O) groups is 1. The highest BCUT2D eigenvalue weighted by atomic mass is 32.2. The van der Waals surface area contributed by atoms with Gasteiger partial charge in [0.25, 0.3) is 0 Å². The van der Waals surface area contributed by atoms with Crippen LogP contribution in [0.2, 0.25) is 0 Å². The minimum atomic E-state index is -0.274. The van der Waals surface area contributed by atoms with Gasteiger partial charge in [-0.05, 0) is 39.3 Å². The topological polar surface area (TPSA) is 72.9 Å². The first-order chi connectivity index (χ1) is 13.0. The average molecular weight is 385 g/mol. The molecule has 1 unspecified atom stereocenters. The van der Waals surface area contributed by atoms with Gasteiger partial charge in [-0.15, -0.1) is 10.2 Å². The lowest BCUT2D eigenvalue weighted by molar-refractivity contribution is -0.120. The van der Waals surface area contributed by atoms with E-state index in [1.807, 2.05) is 56.5 Å². The van der Waals surface area contributed by atoms with Crippen molar-refractivity contribution in [1.29, 1.82) is 0 Å². The molecule has 0 fully saturated rings. The van der Waals surface area contributed by atoms with Crippen molar-refractivity contribution in [2.75, 3.05) is 0 Å². The normalized spacial score (nSPS) is 12.3. The molecule has 0 saturated heterocycles. The van der Waals surface area contributed by atoms with Crippen molar-refractivity contribution < 1.29 is 9.21 Å². The molecule has 1 N–H and O–H groups in total. The fourth-order valence-corrected chi connectivity index (χ4v) is 3.57. The Bertz CT molecular complexity index is 902. The van der Waals surface area contributed by atoms with Crippen LogP contribution in [0, 0.1) is 6.92 Å². The molecule has 27 heavy (non-hydrogen) atoms. The largest absolute Gasteiger partial charge is 0.469 e. The lowest BCUT2D eigenvalue weighted by Gasteiger charge is -2.15. The van der Waals surface area contributed by atoms with Crippen LogP contribution < -0.4 is 5.32 Å². The first-order valence-electron chi connectivity index (χ1n) is 8.94. The average Bonchev–Trinajstić information content (AvgIpc) is 3.21. The lowest BCUT2D eigenvalue weighted by Crippen LogP contribution is -2.36. The Morgan fingerprint density at radius 3 is 2.56 bits per heavy atom. The summed E-state index contributed by atoms with van der Waals surface area (Å²) in [7, 11) is 0. The maximum Gasteiger partial charge on any atom is 0.233 e. The van der Waals surface area contributed by atoms with Crippen LogP contribution in [0.15, 0.2) is 52.2 Å². The zero-order chi connectivity index (χ0) is 19.4. The first-order valence-corrected chi connectivity index (χ1v) is 9.82. The minimum Gasteiger partial charge on any atom is -0.469 e. The monoisotopic (exact) mass is 384 g/mol. The van der Waals surface area contributed by atoms with Crippen LogP contribution in [0.5, 0.6) is 0 Å². The Kier molecular flexibility index (Phi) is 6.01. The third-order valence-electron chi connectivity index (χ3n) is 4.08. The Morgan fingerprint density at radius 1 is 1.19 bits per heavy atom. The zero-order valence-electron chi connectivity index (χ0n) is 16.0. The predicted octanol–water partition coefficient (Wildman–Crippen LogP) is 3.90. The van der Waals surface area contributed by atoms with E-state index < -0.39 is 0 Å². The van der Waals surface area contributed by atoms with E-state index in [2.05, 4.69) is 27.6 Å². The molecule has 0 radical (unpaired) electrons. The van der Waals surface area contributed by atoms with Gasteiger partial charge in [-0.3, -0.25) is 9.36 Å². The molecular weight excluding hydrogens is 360 g/mol. The maximum atomic E-state index is 12.3. The number of nitrogens with zero attached hydrogens (tertiary/aromatic N) is 3. The summed E-state index contributed by atoms with van der Waals surface area (Å²) in [5.74, 6) is 1.52. The summed E-state index contributed by atoms with van der Waals surface area (Å²) >= 11 is 1.41. The third kappa shape index (κ3) is 4.60. The smallest absolute Gasteiger partial charge is 0.233 e. The van der Waals surface area contributed by atoms with Gasteiger partial charge < -0.3 is 9.73 Å². The van der Waals surface area contributed by atoms with Crippen LogP contribution >= 0.6 is 11.8 Å². The highest BCUT2D eigenvalue weighted by Gasteiger charge is 2.22. The van der Waals surface area contributed by atoms with Crippen LogP contribution in [-0.2, 0) is 11.3 Å². The molecule has 2 heterocycles. The number of amides is 1. The molecule has 6 nitrogen and oxygen atoms in total. The number of carbonyl (C=O) groups excluding carboxylic acids is 1. The lowest BCUT2D eigenvalue weighted by atomic mass is 10.2. The zero-order valence-corrected chi connectivity index (χ0v) is 16.8. The molecule has 3 rings (SSSR count). The summed E-state index contributed by atoms with van der Waals surface area (Å²) in [5, 5.41) is 12.1.